The van der Waals surface area contributed by atoms with Crippen molar-refractivity contribution in [1.82, 2.24) is 20.4 Å². The van der Waals surface area contributed by atoms with Crippen LogP contribution in [0.15, 0.2) is 48.3 Å². The number of benzene rings is 1. The van der Waals surface area contributed by atoms with E-state index in [1.165, 1.54) is 42.3 Å². The maximum atomic E-state index is 10.8. The molecule has 0 bridgehead atoms. The van der Waals surface area contributed by atoms with Crippen LogP contribution in [0.2, 0.25) is 0 Å². The number of nitrogens with one attached hydrogen (secondary N) is 2. The standard InChI is InChI=1S/C25H34N4O2/c1-2-20(12-18-6-4-3-5-7-18)23-13-24(23)28-22-10-8-21(9-11-22)26-14-19-15-27-29(16-19)17-25(30)31/h3-7,12,15-16,21-24,26,28H,2,8-11,13-14,17H2,1H3,(H,30,31)/b20-12+. The summed E-state index contributed by atoms with van der Waals surface area (Å²) in [7, 11) is 0. The second-order valence-electron chi connectivity index (χ2n) is 8.97. The van der Waals surface area contributed by atoms with E-state index in [4.69, 9.17) is 5.11 Å². The summed E-state index contributed by atoms with van der Waals surface area (Å²) in [4.78, 5) is 10.8. The van der Waals surface area contributed by atoms with Crippen LogP contribution in [0.5, 0.6) is 0 Å². The Balaban J connectivity index is 1.17. The molecule has 31 heavy (non-hydrogen) atoms. The summed E-state index contributed by atoms with van der Waals surface area (Å²) in [6.45, 7) is 2.93. The number of hydrogen-bond donors (Lipinski definition) is 3. The Morgan fingerprint density at radius 1 is 1.19 bits per heavy atom. The topological polar surface area (TPSA) is 79.2 Å². The van der Waals surface area contributed by atoms with Crippen molar-refractivity contribution in [2.45, 2.75) is 76.7 Å². The highest BCUT2D eigenvalue weighted by molar-refractivity contribution is 5.66. The molecule has 6 nitrogen and oxygen atoms in total. The normalized spacial score (nSPS) is 26.0. The zero-order chi connectivity index (χ0) is 21.6. The Morgan fingerprint density at radius 3 is 2.65 bits per heavy atom. The van der Waals surface area contributed by atoms with Gasteiger partial charge in [-0.05, 0) is 50.0 Å². The van der Waals surface area contributed by atoms with Crippen LogP contribution in [0.3, 0.4) is 0 Å². The van der Waals surface area contributed by atoms with E-state index in [0.717, 1.165) is 18.5 Å². The second-order valence-corrected chi connectivity index (χ2v) is 8.97. The van der Waals surface area contributed by atoms with Crippen molar-refractivity contribution in [1.29, 1.82) is 0 Å². The largest absolute Gasteiger partial charge is 0.480 e. The van der Waals surface area contributed by atoms with Gasteiger partial charge >= 0.3 is 5.97 Å². The molecular weight excluding hydrogens is 388 g/mol. The Bertz CT molecular complexity index is 884. The third-order valence-corrected chi connectivity index (χ3v) is 6.58. The first-order chi connectivity index (χ1) is 15.1. The third-order valence-electron chi connectivity index (χ3n) is 6.58. The zero-order valence-electron chi connectivity index (χ0n) is 18.3. The summed E-state index contributed by atoms with van der Waals surface area (Å²) < 4.78 is 1.48. The lowest BCUT2D eigenvalue weighted by Gasteiger charge is -2.30. The molecule has 2 unspecified atom stereocenters. The minimum atomic E-state index is -0.868. The summed E-state index contributed by atoms with van der Waals surface area (Å²) in [5.74, 6) is -0.170. The molecule has 2 fully saturated rings. The van der Waals surface area contributed by atoms with Crippen molar-refractivity contribution >= 4 is 12.0 Å². The zero-order valence-corrected chi connectivity index (χ0v) is 18.3. The van der Waals surface area contributed by atoms with Gasteiger partial charge in [-0.3, -0.25) is 9.48 Å². The predicted molar refractivity (Wildman–Crippen MR) is 122 cm³/mol. The quantitative estimate of drug-likeness (QED) is 0.542. The van der Waals surface area contributed by atoms with Crippen LogP contribution in [0, 0.1) is 5.92 Å². The molecule has 0 radical (unpaired) electrons. The van der Waals surface area contributed by atoms with E-state index < -0.39 is 5.97 Å². The van der Waals surface area contributed by atoms with Crippen molar-refractivity contribution in [2.24, 2.45) is 5.92 Å². The molecule has 2 saturated carbocycles. The summed E-state index contributed by atoms with van der Waals surface area (Å²) in [5.41, 5.74) is 3.92. The maximum absolute atomic E-state index is 10.8. The minimum Gasteiger partial charge on any atom is -0.480 e. The van der Waals surface area contributed by atoms with Crippen molar-refractivity contribution < 1.29 is 9.90 Å². The average Bonchev–Trinajstić information content (AvgIpc) is 3.39. The van der Waals surface area contributed by atoms with E-state index in [0.29, 0.717) is 24.0 Å². The molecule has 0 spiro atoms. The van der Waals surface area contributed by atoms with Crippen LogP contribution in [0.4, 0.5) is 0 Å². The van der Waals surface area contributed by atoms with E-state index in [1.54, 1.807) is 11.8 Å². The van der Waals surface area contributed by atoms with Gasteiger partial charge in [-0.15, -0.1) is 0 Å². The molecule has 2 aliphatic carbocycles. The first-order valence-corrected chi connectivity index (χ1v) is 11.6. The molecular formula is C25H34N4O2. The molecule has 166 valence electrons. The van der Waals surface area contributed by atoms with Crippen molar-refractivity contribution in [3.8, 4) is 0 Å². The fourth-order valence-electron chi connectivity index (χ4n) is 4.78. The number of aromatic nitrogens is 2. The van der Waals surface area contributed by atoms with Gasteiger partial charge in [0.15, 0.2) is 0 Å². The number of rotatable bonds is 10. The van der Waals surface area contributed by atoms with Gasteiger partial charge in [0, 0.05) is 36.4 Å². The number of hydrogen-bond acceptors (Lipinski definition) is 4. The lowest BCUT2D eigenvalue weighted by atomic mass is 9.91. The highest BCUT2D eigenvalue weighted by Crippen LogP contribution is 2.40. The van der Waals surface area contributed by atoms with Gasteiger partial charge in [0.2, 0.25) is 0 Å². The number of aliphatic carboxylic acids is 1. The van der Waals surface area contributed by atoms with E-state index >= 15 is 0 Å². The Morgan fingerprint density at radius 2 is 1.94 bits per heavy atom. The van der Waals surface area contributed by atoms with Gasteiger partial charge in [-0.2, -0.15) is 5.10 Å². The van der Waals surface area contributed by atoms with Gasteiger partial charge in [0.1, 0.15) is 6.54 Å². The number of nitrogens with zero attached hydrogens (tertiary/aromatic N) is 2. The molecule has 0 amide bonds. The summed E-state index contributed by atoms with van der Waals surface area (Å²) in [6, 6.07) is 12.5. The summed E-state index contributed by atoms with van der Waals surface area (Å²) in [5, 5.41) is 20.5. The van der Waals surface area contributed by atoms with E-state index in [-0.39, 0.29) is 6.54 Å². The van der Waals surface area contributed by atoms with Crippen LogP contribution in [-0.4, -0.2) is 39.0 Å². The van der Waals surface area contributed by atoms with Crippen molar-refractivity contribution in [3.63, 3.8) is 0 Å². The minimum absolute atomic E-state index is 0.0841. The third kappa shape index (κ3) is 6.28. The molecule has 3 N–H and O–H groups in total. The molecule has 4 rings (SSSR count). The molecule has 0 saturated heterocycles. The van der Waals surface area contributed by atoms with Crippen LogP contribution >= 0.6 is 0 Å². The maximum Gasteiger partial charge on any atom is 0.325 e. The Kier molecular flexibility index (Phi) is 7.20. The van der Waals surface area contributed by atoms with Gasteiger partial charge in [-0.1, -0.05) is 48.9 Å². The Labute approximate surface area is 184 Å². The van der Waals surface area contributed by atoms with Gasteiger partial charge in [0.25, 0.3) is 0 Å². The van der Waals surface area contributed by atoms with E-state index in [9.17, 15) is 4.79 Å². The van der Waals surface area contributed by atoms with E-state index in [1.807, 2.05) is 6.20 Å². The predicted octanol–water partition coefficient (Wildman–Crippen LogP) is 3.84. The lowest BCUT2D eigenvalue weighted by Crippen LogP contribution is -2.40. The Hall–Kier alpha value is -2.44. The smallest absolute Gasteiger partial charge is 0.325 e. The average molecular weight is 423 g/mol. The van der Waals surface area contributed by atoms with E-state index in [2.05, 4.69) is 59.1 Å². The molecule has 2 aromatic rings. The first-order valence-electron chi connectivity index (χ1n) is 11.6. The summed E-state index contributed by atoms with van der Waals surface area (Å²) in [6.07, 6.45) is 13.1. The van der Waals surface area contributed by atoms with Crippen LogP contribution in [0.1, 0.15) is 56.6 Å². The molecule has 6 heteroatoms. The second kappa shape index (κ2) is 10.2. The highest BCUT2D eigenvalue weighted by Gasteiger charge is 2.40. The highest BCUT2D eigenvalue weighted by atomic mass is 16.4. The van der Waals surface area contributed by atoms with Crippen LogP contribution in [0.25, 0.3) is 6.08 Å². The van der Waals surface area contributed by atoms with Crippen LogP contribution in [-0.2, 0) is 17.9 Å². The molecule has 2 aliphatic rings. The summed E-state index contributed by atoms with van der Waals surface area (Å²) >= 11 is 0. The van der Waals surface area contributed by atoms with Gasteiger partial charge < -0.3 is 15.7 Å². The van der Waals surface area contributed by atoms with Gasteiger partial charge in [-0.25, -0.2) is 0 Å². The number of carbonyl (C=O) groups is 1. The molecule has 1 aromatic carbocycles. The molecule has 1 heterocycles. The van der Waals surface area contributed by atoms with Gasteiger partial charge in [0.05, 0.1) is 6.20 Å². The SMILES string of the molecule is CC/C(=C\c1ccccc1)C1CC1NC1CCC(NCc2cnn(CC(=O)O)c2)CC1. The number of carboxylic acids is 1. The van der Waals surface area contributed by atoms with Crippen LogP contribution < -0.4 is 10.6 Å². The monoisotopic (exact) mass is 422 g/mol. The fraction of sp³-hybridized carbons (Fsp3) is 0.520. The van der Waals surface area contributed by atoms with Crippen molar-refractivity contribution in [2.75, 3.05) is 0 Å². The number of carboxylic acid groups (broad SMARTS) is 1. The molecule has 2 atom stereocenters. The molecule has 1 aromatic heterocycles. The fourth-order valence-corrected chi connectivity index (χ4v) is 4.78. The van der Waals surface area contributed by atoms with Crippen molar-refractivity contribution in [3.05, 3.63) is 59.4 Å². The first kappa shape index (κ1) is 21.8. The lowest BCUT2D eigenvalue weighted by molar-refractivity contribution is -0.137. The molecule has 0 aliphatic heterocycles.